The van der Waals surface area contributed by atoms with Crippen LogP contribution in [0.1, 0.15) is 25.0 Å². The molecule has 1 rings (SSSR count). The van der Waals surface area contributed by atoms with Gasteiger partial charge in [0, 0.05) is 11.1 Å². The zero-order valence-corrected chi connectivity index (χ0v) is 11.0. The summed E-state index contributed by atoms with van der Waals surface area (Å²) in [5.41, 5.74) is 4.12. The quantitative estimate of drug-likeness (QED) is 0.522. The molecule has 0 spiro atoms. The van der Waals surface area contributed by atoms with Gasteiger partial charge in [0.2, 0.25) is 0 Å². The largest absolute Gasteiger partial charge is 0.0990 e. The third-order valence-corrected chi connectivity index (χ3v) is 2.35. The molecule has 0 aromatic heterocycles. The van der Waals surface area contributed by atoms with E-state index in [-0.39, 0.29) is 0 Å². The Bertz CT molecular complexity index is 557. The first-order valence-corrected chi connectivity index (χ1v) is 5.90. The number of hydrogen-bond donors (Lipinski definition) is 0. The van der Waals surface area contributed by atoms with Crippen molar-refractivity contribution in [2.45, 2.75) is 13.8 Å². The van der Waals surface area contributed by atoms with Gasteiger partial charge in [0.25, 0.3) is 0 Å². The highest BCUT2D eigenvalue weighted by Crippen LogP contribution is 2.12. The molecule has 0 radical (unpaired) electrons. The van der Waals surface area contributed by atoms with Crippen LogP contribution in [0.4, 0.5) is 0 Å². The molecular weight excluding hydrogens is 216 g/mol. The van der Waals surface area contributed by atoms with Crippen molar-refractivity contribution in [1.82, 2.24) is 0 Å². The van der Waals surface area contributed by atoms with Crippen molar-refractivity contribution >= 4 is 5.57 Å². The molecule has 0 aliphatic carbocycles. The molecule has 1 aromatic rings. The molecule has 0 atom stereocenters. The van der Waals surface area contributed by atoms with E-state index < -0.39 is 0 Å². The van der Waals surface area contributed by atoms with Crippen LogP contribution in [-0.4, -0.2) is 0 Å². The molecule has 0 bridgehead atoms. The third-order valence-electron chi connectivity index (χ3n) is 2.35. The summed E-state index contributed by atoms with van der Waals surface area (Å²) in [6, 6.07) is 8.09. The van der Waals surface area contributed by atoms with Gasteiger partial charge < -0.3 is 0 Å². The van der Waals surface area contributed by atoms with Crippen LogP contribution < -0.4 is 0 Å². The van der Waals surface area contributed by atoms with Gasteiger partial charge in [0.05, 0.1) is 0 Å². The summed E-state index contributed by atoms with van der Waals surface area (Å²) in [6.45, 7) is 11.6. The van der Waals surface area contributed by atoms with Crippen LogP contribution in [0.25, 0.3) is 5.57 Å². The van der Waals surface area contributed by atoms with Gasteiger partial charge in [-0.15, -0.1) is 0 Å². The number of benzene rings is 1. The molecule has 0 heterocycles. The van der Waals surface area contributed by atoms with Gasteiger partial charge >= 0.3 is 0 Å². The van der Waals surface area contributed by atoms with E-state index in [4.69, 9.17) is 0 Å². The molecule has 0 unspecified atom stereocenters. The minimum absolute atomic E-state index is 0.952. The smallest absolute Gasteiger partial charge is 0.0255 e. The summed E-state index contributed by atoms with van der Waals surface area (Å²) in [7, 11) is 0. The molecule has 0 aliphatic rings. The van der Waals surface area contributed by atoms with Crippen LogP contribution in [0, 0.1) is 11.8 Å². The predicted molar refractivity (Wildman–Crippen MR) is 81.1 cm³/mol. The van der Waals surface area contributed by atoms with Gasteiger partial charge in [-0.25, -0.2) is 0 Å². The lowest BCUT2D eigenvalue weighted by atomic mass is 10.1. The fraction of sp³-hybridized carbons (Fsp3) is 0.111. The maximum Gasteiger partial charge on any atom is 0.0255 e. The van der Waals surface area contributed by atoms with Crippen LogP contribution in [0.2, 0.25) is 0 Å². The number of rotatable bonds is 3. The fourth-order valence-corrected chi connectivity index (χ4v) is 1.45. The molecule has 0 saturated carbocycles. The van der Waals surface area contributed by atoms with Gasteiger partial charge in [-0.05, 0) is 37.6 Å². The fourth-order valence-electron chi connectivity index (χ4n) is 1.45. The highest BCUT2D eigenvalue weighted by atomic mass is 14.0. The predicted octanol–water partition coefficient (Wildman–Crippen LogP) is 4.76. The molecule has 0 aliphatic heterocycles. The Morgan fingerprint density at radius 2 is 2.11 bits per heavy atom. The number of hydrogen-bond acceptors (Lipinski definition) is 0. The van der Waals surface area contributed by atoms with Crippen LogP contribution in [0.15, 0.2) is 67.3 Å². The summed E-state index contributed by atoms with van der Waals surface area (Å²) in [6.07, 6.45) is 7.58. The van der Waals surface area contributed by atoms with Crippen molar-refractivity contribution in [2.75, 3.05) is 0 Å². The minimum atomic E-state index is 0.952. The Balaban J connectivity index is 3.04. The molecule has 0 N–H and O–H groups in total. The highest BCUT2D eigenvalue weighted by Gasteiger charge is 1.93. The second kappa shape index (κ2) is 7.14. The molecular formula is C18H18. The lowest BCUT2D eigenvalue weighted by Crippen LogP contribution is -1.81. The van der Waals surface area contributed by atoms with Crippen LogP contribution >= 0.6 is 0 Å². The highest BCUT2D eigenvalue weighted by molar-refractivity contribution is 5.63. The molecule has 90 valence electrons. The van der Waals surface area contributed by atoms with Crippen molar-refractivity contribution in [1.29, 1.82) is 0 Å². The maximum atomic E-state index is 3.94. The second-order valence-corrected chi connectivity index (χ2v) is 3.97. The first-order valence-electron chi connectivity index (χ1n) is 5.90. The topological polar surface area (TPSA) is 0 Å². The molecule has 0 nitrogen and oxygen atoms in total. The third kappa shape index (κ3) is 4.31. The SMILES string of the molecule is C=CC=C(C#Cc1cccc(C(=C)C)c1)C=CC. The van der Waals surface area contributed by atoms with Gasteiger partial charge in [0.1, 0.15) is 0 Å². The second-order valence-electron chi connectivity index (χ2n) is 3.97. The molecule has 1 aromatic carbocycles. The monoisotopic (exact) mass is 234 g/mol. The van der Waals surface area contributed by atoms with Crippen molar-refractivity contribution in [3.63, 3.8) is 0 Å². The van der Waals surface area contributed by atoms with E-state index in [1.807, 2.05) is 50.3 Å². The first-order chi connectivity index (χ1) is 8.67. The summed E-state index contributed by atoms with van der Waals surface area (Å²) < 4.78 is 0. The normalized spacial score (nSPS) is 10.9. The Labute approximate surface area is 110 Å². The van der Waals surface area contributed by atoms with E-state index in [0.717, 1.165) is 22.3 Å². The van der Waals surface area contributed by atoms with Crippen molar-refractivity contribution in [3.05, 3.63) is 78.4 Å². The molecule has 0 heteroatoms. The van der Waals surface area contributed by atoms with Crippen LogP contribution in [0.3, 0.4) is 0 Å². The van der Waals surface area contributed by atoms with E-state index in [9.17, 15) is 0 Å². The van der Waals surface area contributed by atoms with Gasteiger partial charge in [0.15, 0.2) is 0 Å². The van der Waals surface area contributed by atoms with Crippen LogP contribution in [0.5, 0.6) is 0 Å². The van der Waals surface area contributed by atoms with Crippen molar-refractivity contribution < 1.29 is 0 Å². The Morgan fingerprint density at radius 3 is 2.72 bits per heavy atom. The lowest BCUT2D eigenvalue weighted by molar-refractivity contribution is 1.55. The van der Waals surface area contributed by atoms with E-state index in [1.54, 1.807) is 6.08 Å². The zero-order valence-electron chi connectivity index (χ0n) is 11.0. The molecule has 0 fully saturated rings. The lowest BCUT2D eigenvalue weighted by Gasteiger charge is -1.99. The van der Waals surface area contributed by atoms with Crippen molar-refractivity contribution in [2.24, 2.45) is 0 Å². The Morgan fingerprint density at radius 1 is 1.33 bits per heavy atom. The maximum absolute atomic E-state index is 3.94. The molecule has 18 heavy (non-hydrogen) atoms. The standard InChI is InChI=1S/C18H18/c1-5-8-16(9-6-2)12-13-17-10-7-11-18(14-17)15(3)4/h5-11,14H,1,3H2,2,4H3. The van der Waals surface area contributed by atoms with E-state index in [0.29, 0.717) is 0 Å². The zero-order chi connectivity index (χ0) is 13.4. The van der Waals surface area contributed by atoms with Crippen LogP contribution in [-0.2, 0) is 0 Å². The first kappa shape index (κ1) is 13.8. The molecule has 0 amide bonds. The van der Waals surface area contributed by atoms with E-state index >= 15 is 0 Å². The van der Waals surface area contributed by atoms with Gasteiger partial charge in [-0.3, -0.25) is 0 Å². The summed E-state index contributed by atoms with van der Waals surface area (Å²) in [4.78, 5) is 0. The molecule has 0 saturated heterocycles. The number of allylic oxidation sites excluding steroid dienone is 6. The summed E-state index contributed by atoms with van der Waals surface area (Å²) >= 11 is 0. The van der Waals surface area contributed by atoms with Gasteiger partial charge in [-0.2, -0.15) is 0 Å². The van der Waals surface area contributed by atoms with E-state index in [2.05, 4.69) is 31.1 Å². The van der Waals surface area contributed by atoms with Crippen molar-refractivity contribution in [3.8, 4) is 11.8 Å². The summed E-state index contributed by atoms with van der Waals surface area (Å²) in [5.74, 6) is 6.28. The Kier molecular flexibility index (Phi) is 5.48. The van der Waals surface area contributed by atoms with Gasteiger partial charge in [-0.1, -0.05) is 60.9 Å². The summed E-state index contributed by atoms with van der Waals surface area (Å²) in [5, 5.41) is 0. The average molecular weight is 234 g/mol. The van der Waals surface area contributed by atoms with E-state index in [1.165, 1.54) is 0 Å². The Hall–Kier alpha value is -2.26. The minimum Gasteiger partial charge on any atom is -0.0990 e. The average Bonchev–Trinajstić information content (AvgIpc) is 2.37.